The predicted molar refractivity (Wildman–Crippen MR) is 94.9 cm³/mol. The molecule has 0 saturated heterocycles. The first-order valence-electron chi connectivity index (χ1n) is 8.20. The third-order valence-corrected chi connectivity index (χ3v) is 4.19. The summed E-state index contributed by atoms with van der Waals surface area (Å²) < 4.78 is 5.81. The summed E-state index contributed by atoms with van der Waals surface area (Å²) >= 11 is 0. The highest BCUT2D eigenvalue weighted by Crippen LogP contribution is 2.25. The maximum atomic E-state index is 9.48. The van der Waals surface area contributed by atoms with Crippen LogP contribution in [-0.2, 0) is 0 Å². The number of benzene rings is 2. The van der Waals surface area contributed by atoms with Gasteiger partial charge in [-0.15, -0.1) is 0 Å². The summed E-state index contributed by atoms with van der Waals surface area (Å²) in [5.41, 5.74) is 4.79. The number of nitriles is 1. The largest absolute Gasteiger partial charge is 0.494 e. The average molecular weight is 307 g/mol. The summed E-state index contributed by atoms with van der Waals surface area (Å²) in [5, 5.41) is 9.48. The second kappa shape index (κ2) is 7.83. The van der Waals surface area contributed by atoms with Crippen LogP contribution in [0.25, 0.3) is 0 Å². The van der Waals surface area contributed by atoms with Gasteiger partial charge in [-0.3, -0.25) is 0 Å². The molecule has 0 aromatic heterocycles. The second-order valence-corrected chi connectivity index (χ2v) is 6.40. The summed E-state index contributed by atoms with van der Waals surface area (Å²) in [6.45, 7) is 9.02. The second-order valence-electron chi connectivity index (χ2n) is 6.40. The van der Waals surface area contributed by atoms with Crippen LogP contribution < -0.4 is 4.74 Å². The number of hydrogen-bond donors (Lipinski definition) is 0. The molecule has 0 bridgehead atoms. The summed E-state index contributed by atoms with van der Waals surface area (Å²) in [6, 6.07) is 16.9. The van der Waals surface area contributed by atoms with Crippen molar-refractivity contribution in [1.82, 2.24) is 0 Å². The summed E-state index contributed by atoms with van der Waals surface area (Å²) in [7, 11) is 0. The minimum Gasteiger partial charge on any atom is -0.494 e. The van der Waals surface area contributed by atoms with Gasteiger partial charge in [-0.1, -0.05) is 49.7 Å². The van der Waals surface area contributed by atoms with Crippen LogP contribution in [0.15, 0.2) is 42.5 Å². The van der Waals surface area contributed by atoms with Gasteiger partial charge >= 0.3 is 0 Å². The maximum Gasteiger partial charge on any atom is 0.119 e. The van der Waals surface area contributed by atoms with E-state index >= 15 is 0 Å². The standard InChI is InChI=1S/C21H25NO/c1-15(2)18-7-9-20(10-8-18)23-12-11-19(14-22)21-13-16(3)5-6-17(21)4/h5-10,13,15,19H,11-12H2,1-4H3. The molecule has 2 aromatic rings. The first-order chi connectivity index (χ1) is 11.0. The zero-order valence-corrected chi connectivity index (χ0v) is 14.5. The molecule has 0 amide bonds. The molecule has 23 heavy (non-hydrogen) atoms. The Morgan fingerprint density at radius 1 is 1.04 bits per heavy atom. The molecule has 1 unspecified atom stereocenters. The molecule has 0 fully saturated rings. The van der Waals surface area contributed by atoms with E-state index < -0.39 is 0 Å². The maximum absolute atomic E-state index is 9.48. The topological polar surface area (TPSA) is 33.0 Å². The zero-order chi connectivity index (χ0) is 16.8. The van der Waals surface area contributed by atoms with Gasteiger partial charge in [0.1, 0.15) is 5.75 Å². The Kier molecular flexibility index (Phi) is 5.82. The highest BCUT2D eigenvalue weighted by atomic mass is 16.5. The van der Waals surface area contributed by atoms with Crippen molar-refractivity contribution in [2.45, 2.75) is 46.0 Å². The smallest absolute Gasteiger partial charge is 0.119 e. The SMILES string of the molecule is Cc1ccc(C)c(C(C#N)CCOc2ccc(C(C)C)cc2)c1. The van der Waals surface area contributed by atoms with E-state index in [1.165, 1.54) is 16.7 Å². The van der Waals surface area contributed by atoms with Gasteiger partial charge < -0.3 is 4.74 Å². The van der Waals surface area contributed by atoms with Gasteiger partial charge in [-0.25, -0.2) is 0 Å². The molecule has 0 spiro atoms. The summed E-state index contributed by atoms with van der Waals surface area (Å²) in [6.07, 6.45) is 0.701. The zero-order valence-electron chi connectivity index (χ0n) is 14.5. The Morgan fingerprint density at radius 2 is 1.74 bits per heavy atom. The molecule has 0 heterocycles. The van der Waals surface area contributed by atoms with Gasteiger partial charge in [-0.05, 0) is 48.6 Å². The fourth-order valence-electron chi connectivity index (χ4n) is 2.67. The highest BCUT2D eigenvalue weighted by molar-refractivity contribution is 5.36. The van der Waals surface area contributed by atoms with Gasteiger partial charge in [0.15, 0.2) is 0 Å². The van der Waals surface area contributed by atoms with Crippen molar-refractivity contribution >= 4 is 0 Å². The molecular formula is C21H25NO. The van der Waals surface area contributed by atoms with E-state index in [1.807, 2.05) is 12.1 Å². The van der Waals surface area contributed by atoms with Crippen LogP contribution in [-0.4, -0.2) is 6.61 Å². The number of ether oxygens (including phenoxy) is 1. The van der Waals surface area contributed by atoms with E-state index in [9.17, 15) is 5.26 Å². The van der Waals surface area contributed by atoms with E-state index in [0.29, 0.717) is 18.9 Å². The van der Waals surface area contributed by atoms with Crippen molar-refractivity contribution in [2.24, 2.45) is 0 Å². The number of rotatable bonds is 6. The van der Waals surface area contributed by atoms with Gasteiger partial charge in [0.2, 0.25) is 0 Å². The normalized spacial score (nSPS) is 12.0. The van der Waals surface area contributed by atoms with Gasteiger partial charge in [0.25, 0.3) is 0 Å². The molecule has 2 heteroatoms. The van der Waals surface area contributed by atoms with Crippen LogP contribution in [0.2, 0.25) is 0 Å². The van der Waals surface area contributed by atoms with Gasteiger partial charge in [0, 0.05) is 6.42 Å². The quantitative estimate of drug-likeness (QED) is 0.705. The lowest BCUT2D eigenvalue weighted by Crippen LogP contribution is -2.06. The van der Waals surface area contributed by atoms with E-state index in [4.69, 9.17) is 4.74 Å². The van der Waals surface area contributed by atoms with Crippen LogP contribution in [0.5, 0.6) is 5.75 Å². The lowest BCUT2D eigenvalue weighted by Gasteiger charge is -2.14. The third kappa shape index (κ3) is 4.60. The van der Waals surface area contributed by atoms with E-state index in [0.717, 1.165) is 11.3 Å². The molecule has 0 radical (unpaired) electrons. The monoisotopic (exact) mass is 307 g/mol. The summed E-state index contributed by atoms with van der Waals surface area (Å²) in [4.78, 5) is 0. The first-order valence-corrected chi connectivity index (χ1v) is 8.20. The minimum atomic E-state index is -0.121. The Morgan fingerprint density at radius 3 is 2.35 bits per heavy atom. The molecule has 0 aliphatic carbocycles. The fourth-order valence-corrected chi connectivity index (χ4v) is 2.67. The number of nitrogens with zero attached hydrogens (tertiary/aromatic N) is 1. The molecule has 0 aliphatic heterocycles. The van der Waals surface area contributed by atoms with Crippen molar-refractivity contribution in [3.63, 3.8) is 0 Å². The predicted octanol–water partition coefficient (Wildman–Crippen LogP) is 5.50. The molecule has 0 saturated carbocycles. The van der Waals surface area contributed by atoms with Crippen molar-refractivity contribution in [1.29, 1.82) is 5.26 Å². The number of hydrogen-bond acceptors (Lipinski definition) is 2. The Hall–Kier alpha value is -2.27. The minimum absolute atomic E-state index is 0.121. The lowest BCUT2D eigenvalue weighted by atomic mass is 9.92. The van der Waals surface area contributed by atoms with Crippen LogP contribution in [0.4, 0.5) is 0 Å². The molecule has 2 rings (SSSR count). The Labute approximate surface area is 139 Å². The molecule has 0 N–H and O–H groups in total. The fraction of sp³-hybridized carbons (Fsp3) is 0.381. The van der Waals surface area contributed by atoms with Crippen molar-refractivity contribution < 1.29 is 4.74 Å². The van der Waals surface area contributed by atoms with Crippen LogP contribution >= 0.6 is 0 Å². The molecule has 1 atom stereocenters. The van der Waals surface area contributed by atoms with E-state index in [-0.39, 0.29) is 5.92 Å². The Bertz CT molecular complexity index is 680. The Balaban J connectivity index is 1.96. The molecule has 2 aromatic carbocycles. The van der Waals surface area contributed by atoms with Crippen molar-refractivity contribution in [2.75, 3.05) is 6.61 Å². The molecule has 2 nitrogen and oxygen atoms in total. The lowest BCUT2D eigenvalue weighted by molar-refractivity contribution is 0.305. The van der Waals surface area contributed by atoms with Crippen LogP contribution in [0.3, 0.4) is 0 Å². The van der Waals surface area contributed by atoms with Crippen LogP contribution in [0, 0.1) is 25.2 Å². The first kappa shape index (κ1) is 17.1. The van der Waals surface area contributed by atoms with E-state index in [1.54, 1.807) is 0 Å². The van der Waals surface area contributed by atoms with Crippen LogP contribution in [0.1, 0.15) is 54.4 Å². The average Bonchev–Trinajstić information content (AvgIpc) is 2.54. The highest BCUT2D eigenvalue weighted by Gasteiger charge is 2.13. The van der Waals surface area contributed by atoms with Crippen molar-refractivity contribution in [3.05, 3.63) is 64.7 Å². The van der Waals surface area contributed by atoms with Gasteiger partial charge in [0.05, 0.1) is 18.6 Å². The number of aryl methyl sites for hydroxylation is 2. The molecule has 120 valence electrons. The van der Waals surface area contributed by atoms with Crippen molar-refractivity contribution in [3.8, 4) is 11.8 Å². The van der Waals surface area contributed by atoms with E-state index in [2.05, 4.69) is 64.1 Å². The third-order valence-electron chi connectivity index (χ3n) is 4.19. The molecule has 0 aliphatic rings. The molecular weight excluding hydrogens is 282 g/mol. The van der Waals surface area contributed by atoms with Gasteiger partial charge in [-0.2, -0.15) is 5.26 Å². The summed E-state index contributed by atoms with van der Waals surface area (Å²) in [5.74, 6) is 1.27.